The second-order valence-corrected chi connectivity index (χ2v) is 5.18. The molecule has 1 aromatic heterocycles. The minimum Gasteiger partial charge on any atom is -0.493 e. The number of aryl methyl sites for hydroxylation is 1. The van der Waals surface area contributed by atoms with Gasteiger partial charge in [-0.15, -0.1) is 11.3 Å². The Bertz CT molecular complexity index is 584. The third-order valence-electron chi connectivity index (χ3n) is 2.95. The van der Waals surface area contributed by atoms with Gasteiger partial charge in [0.1, 0.15) is 5.01 Å². The fraction of sp³-hybridized carbons (Fsp3) is 0.357. The van der Waals surface area contributed by atoms with Crippen LogP contribution in [0.15, 0.2) is 12.1 Å². The molecule has 0 amide bonds. The number of rotatable bonds is 5. The van der Waals surface area contributed by atoms with Crippen LogP contribution in [0.3, 0.4) is 0 Å². The summed E-state index contributed by atoms with van der Waals surface area (Å²) >= 11 is 1.45. The molecule has 0 spiro atoms. The van der Waals surface area contributed by atoms with E-state index < -0.39 is 0 Å². The van der Waals surface area contributed by atoms with Crippen LogP contribution in [0.25, 0.3) is 10.6 Å². The zero-order valence-corrected chi connectivity index (χ0v) is 12.7. The van der Waals surface area contributed by atoms with Gasteiger partial charge in [-0.05, 0) is 19.1 Å². The van der Waals surface area contributed by atoms with E-state index >= 15 is 0 Å². The van der Waals surface area contributed by atoms with E-state index in [1.165, 1.54) is 11.3 Å². The Hall–Kier alpha value is -1.79. The van der Waals surface area contributed by atoms with Crippen LogP contribution < -0.4 is 14.2 Å². The summed E-state index contributed by atoms with van der Waals surface area (Å²) in [5, 5.41) is 10.1. The molecule has 20 heavy (non-hydrogen) atoms. The van der Waals surface area contributed by atoms with Crippen molar-refractivity contribution in [3.63, 3.8) is 0 Å². The standard InChI is InChI=1S/C14H17NO4S/c1-8-12(7-16)20-14(15-8)9-5-10(17-2)13(19-4)11(6-9)18-3/h5-6,16H,7H2,1-4H3. The fourth-order valence-electron chi connectivity index (χ4n) is 1.90. The number of hydrogen-bond donors (Lipinski definition) is 1. The lowest BCUT2D eigenvalue weighted by atomic mass is 10.2. The van der Waals surface area contributed by atoms with Crippen molar-refractivity contribution in [1.82, 2.24) is 4.98 Å². The molecule has 0 aliphatic rings. The average molecular weight is 295 g/mol. The first kappa shape index (κ1) is 14.6. The Balaban J connectivity index is 2.56. The molecule has 5 nitrogen and oxygen atoms in total. The predicted octanol–water partition coefficient (Wildman–Crippen LogP) is 2.64. The van der Waals surface area contributed by atoms with Crippen molar-refractivity contribution >= 4 is 11.3 Å². The van der Waals surface area contributed by atoms with Gasteiger partial charge in [0.25, 0.3) is 0 Å². The van der Waals surface area contributed by atoms with Gasteiger partial charge in [0.05, 0.1) is 38.5 Å². The maximum absolute atomic E-state index is 9.26. The van der Waals surface area contributed by atoms with Gasteiger partial charge >= 0.3 is 0 Å². The minimum atomic E-state index is -0.00603. The smallest absolute Gasteiger partial charge is 0.203 e. The highest BCUT2D eigenvalue weighted by Crippen LogP contribution is 2.42. The first-order valence-corrected chi connectivity index (χ1v) is 6.83. The van der Waals surface area contributed by atoms with Crippen LogP contribution in [0.4, 0.5) is 0 Å². The Labute approximate surface area is 121 Å². The number of ether oxygens (including phenoxy) is 3. The van der Waals surface area contributed by atoms with E-state index in [1.807, 2.05) is 19.1 Å². The number of benzene rings is 1. The monoisotopic (exact) mass is 295 g/mol. The second kappa shape index (κ2) is 6.11. The Morgan fingerprint density at radius 1 is 1.10 bits per heavy atom. The van der Waals surface area contributed by atoms with E-state index in [1.54, 1.807) is 21.3 Å². The third kappa shape index (κ3) is 2.57. The van der Waals surface area contributed by atoms with Gasteiger partial charge in [-0.1, -0.05) is 0 Å². The van der Waals surface area contributed by atoms with E-state index in [-0.39, 0.29) is 6.61 Å². The van der Waals surface area contributed by atoms with Gasteiger partial charge in [0.15, 0.2) is 11.5 Å². The van der Waals surface area contributed by atoms with Crippen LogP contribution in [0, 0.1) is 6.92 Å². The average Bonchev–Trinajstić information content (AvgIpc) is 2.86. The van der Waals surface area contributed by atoms with Crippen LogP contribution in [0.5, 0.6) is 17.2 Å². The van der Waals surface area contributed by atoms with E-state index in [0.29, 0.717) is 17.2 Å². The zero-order chi connectivity index (χ0) is 14.7. The largest absolute Gasteiger partial charge is 0.493 e. The molecule has 0 fully saturated rings. The molecule has 2 aromatic rings. The molecule has 0 unspecified atom stereocenters. The van der Waals surface area contributed by atoms with Gasteiger partial charge in [-0.25, -0.2) is 4.98 Å². The van der Waals surface area contributed by atoms with Gasteiger partial charge in [-0.2, -0.15) is 0 Å². The number of aromatic nitrogens is 1. The SMILES string of the molecule is COc1cc(-c2nc(C)c(CO)s2)cc(OC)c1OC. The minimum absolute atomic E-state index is 0.00603. The molecule has 0 atom stereocenters. The van der Waals surface area contributed by atoms with Crippen LogP contribution in [-0.2, 0) is 6.61 Å². The summed E-state index contributed by atoms with van der Waals surface area (Å²) in [6.07, 6.45) is 0. The summed E-state index contributed by atoms with van der Waals surface area (Å²) in [5.74, 6) is 1.72. The Morgan fingerprint density at radius 3 is 2.10 bits per heavy atom. The highest BCUT2D eigenvalue weighted by molar-refractivity contribution is 7.15. The van der Waals surface area contributed by atoms with Gasteiger partial charge < -0.3 is 19.3 Å². The van der Waals surface area contributed by atoms with Crippen molar-refractivity contribution in [3.05, 3.63) is 22.7 Å². The molecule has 6 heteroatoms. The number of hydrogen-bond acceptors (Lipinski definition) is 6. The zero-order valence-electron chi connectivity index (χ0n) is 11.9. The number of thiazole rings is 1. The highest BCUT2D eigenvalue weighted by atomic mass is 32.1. The summed E-state index contributed by atoms with van der Waals surface area (Å²) in [7, 11) is 4.72. The number of aliphatic hydroxyl groups is 1. The van der Waals surface area contributed by atoms with Crippen LogP contribution in [0.1, 0.15) is 10.6 Å². The lowest BCUT2D eigenvalue weighted by Gasteiger charge is -2.13. The third-order valence-corrected chi connectivity index (χ3v) is 4.14. The maximum Gasteiger partial charge on any atom is 0.203 e. The Kier molecular flexibility index (Phi) is 4.46. The molecule has 0 aliphatic heterocycles. The van der Waals surface area contributed by atoms with Crippen LogP contribution in [0.2, 0.25) is 0 Å². The molecule has 1 aromatic carbocycles. The first-order valence-electron chi connectivity index (χ1n) is 6.02. The summed E-state index contributed by atoms with van der Waals surface area (Å²) in [5.41, 5.74) is 1.70. The van der Waals surface area contributed by atoms with Gasteiger partial charge in [-0.3, -0.25) is 0 Å². The van der Waals surface area contributed by atoms with Gasteiger partial charge in [0, 0.05) is 5.56 Å². The quantitative estimate of drug-likeness (QED) is 0.919. The number of aliphatic hydroxyl groups excluding tert-OH is 1. The number of nitrogens with zero attached hydrogens (tertiary/aromatic N) is 1. The summed E-state index contributed by atoms with van der Waals surface area (Å²) in [6.45, 7) is 1.87. The van der Waals surface area contributed by atoms with E-state index in [9.17, 15) is 5.11 Å². The summed E-state index contributed by atoms with van der Waals surface area (Å²) in [4.78, 5) is 5.32. The molecular weight excluding hydrogens is 278 g/mol. The topological polar surface area (TPSA) is 60.8 Å². The van der Waals surface area contributed by atoms with Crippen molar-refractivity contribution in [2.45, 2.75) is 13.5 Å². The molecule has 0 radical (unpaired) electrons. The maximum atomic E-state index is 9.26. The molecular formula is C14H17NO4S. The molecule has 0 saturated carbocycles. The molecule has 0 bridgehead atoms. The molecule has 0 saturated heterocycles. The van der Waals surface area contributed by atoms with Crippen molar-refractivity contribution in [2.24, 2.45) is 0 Å². The number of methoxy groups -OCH3 is 3. The van der Waals surface area contributed by atoms with Crippen molar-refractivity contribution in [2.75, 3.05) is 21.3 Å². The lowest BCUT2D eigenvalue weighted by Crippen LogP contribution is -1.95. The Morgan fingerprint density at radius 2 is 1.70 bits per heavy atom. The fourth-order valence-corrected chi connectivity index (χ4v) is 2.81. The van der Waals surface area contributed by atoms with Crippen molar-refractivity contribution in [3.8, 4) is 27.8 Å². The van der Waals surface area contributed by atoms with Crippen LogP contribution >= 0.6 is 11.3 Å². The summed E-state index contributed by atoms with van der Waals surface area (Å²) < 4.78 is 15.9. The second-order valence-electron chi connectivity index (χ2n) is 4.10. The predicted molar refractivity (Wildman–Crippen MR) is 77.9 cm³/mol. The van der Waals surface area contributed by atoms with Crippen molar-refractivity contribution in [1.29, 1.82) is 0 Å². The summed E-state index contributed by atoms with van der Waals surface area (Å²) in [6, 6.07) is 3.70. The molecule has 1 heterocycles. The molecule has 2 rings (SSSR count). The molecule has 0 aliphatic carbocycles. The molecule has 108 valence electrons. The molecule has 1 N–H and O–H groups in total. The van der Waals surface area contributed by atoms with E-state index in [0.717, 1.165) is 21.1 Å². The normalized spacial score (nSPS) is 10.4. The van der Waals surface area contributed by atoms with Crippen LogP contribution in [-0.4, -0.2) is 31.4 Å². The first-order chi connectivity index (χ1) is 9.64. The van der Waals surface area contributed by atoms with Gasteiger partial charge in [0.2, 0.25) is 5.75 Å². The lowest BCUT2D eigenvalue weighted by molar-refractivity contribution is 0.284. The van der Waals surface area contributed by atoms with E-state index in [2.05, 4.69) is 4.98 Å². The van der Waals surface area contributed by atoms with Crippen molar-refractivity contribution < 1.29 is 19.3 Å². The highest BCUT2D eigenvalue weighted by Gasteiger charge is 2.16. The van der Waals surface area contributed by atoms with E-state index in [4.69, 9.17) is 14.2 Å².